The van der Waals surface area contributed by atoms with Crippen molar-refractivity contribution < 1.29 is 14.6 Å². The van der Waals surface area contributed by atoms with Gasteiger partial charge in [-0.25, -0.2) is 4.79 Å². The number of anilines is 1. The Morgan fingerprint density at radius 2 is 2.11 bits per heavy atom. The Morgan fingerprint density at radius 1 is 1.44 bits per heavy atom. The molecule has 0 heterocycles. The van der Waals surface area contributed by atoms with Gasteiger partial charge in [0.1, 0.15) is 11.4 Å². The molecule has 0 fully saturated rings. The first kappa shape index (κ1) is 14.8. The summed E-state index contributed by atoms with van der Waals surface area (Å²) in [6.07, 6.45) is 0.242. The molecule has 0 atom stereocenters. The highest BCUT2D eigenvalue weighted by Crippen LogP contribution is 2.25. The summed E-state index contributed by atoms with van der Waals surface area (Å²) in [5.41, 5.74) is 0.789. The van der Waals surface area contributed by atoms with Crippen molar-refractivity contribution in [3.63, 3.8) is 0 Å². The summed E-state index contributed by atoms with van der Waals surface area (Å²) in [5, 5.41) is 13.1. The van der Waals surface area contributed by atoms with Crippen LogP contribution in [0.3, 0.4) is 0 Å². The number of hydrogen-bond acceptors (Lipinski definition) is 3. The van der Waals surface area contributed by atoms with Crippen LogP contribution in [-0.4, -0.2) is 22.1 Å². The SMILES string of the molecule is CC(C)(C)OC(=O)Nc1ccc(CCBr)cc1O. The number of ether oxygens (including phenoxy) is 1. The lowest BCUT2D eigenvalue weighted by Crippen LogP contribution is -2.27. The number of aromatic hydroxyl groups is 1. The molecule has 0 unspecified atom stereocenters. The minimum Gasteiger partial charge on any atom is -0.506 e. The Bertz CT molecular complexity index is 427. The van der Waals surface area contributed by atoms with Crippen LogP contribution in [0.1, 0.15) is 26.3 Å². The summed E-state index contributed by atoms with van der Waals surface area (Å²) in [7, 11) is 0. The van der Waals surface area contributed by atoms with Crippen LogP contribution in [0.15, 0.2) is 18.2 Å². The van der Waals surface area contributed by atoms with Crippen molar-refractivity contribution in [3.05, 3.63) is 23.8 Å². The van der Waals surface area contributed by atoms with Crippen molar-refractivity contribution in [3.8, 4) is 5.75 Å². The molecular weight excluding hydrogens is 298 g/mol. The standard InChI is InChI=1S/C13H18BrNO3/c1-13(2,3)18-12(17)15-10-5-4-9(6-7-14)8-11(10)16/h4-5,8,16H,6-7H2,1-3H3,(H,15,17). The van der Waals surface area contributed by atoms with Gasteiger partial charge in [0, 0.05) is 5.33 Å². The average Bonchev–Trinajstić information content (AvgIpc) is 2.20. The molecule has 0 aliphatic carbocycles. The number of phenols is 1. The zero-order valence-electron chi connectivity index (χ0n) is 10.8. The quantitative estimate of drug-likeness (QED) is 0.661. The van der Waals surface area contributed by atoms with E-state index in [-0.39, 0.29) is 5.75 Å². The molecule has 100 valence electrons. The highest BCUT2D eigenvalue weighted by Gasteiger charge is 2.17. The van der Waals surface area contributed by atoms with Gasteiger partial charge in [-0.1, -0.05) is 22.0 Å². The number of rotatable bonds is 3. The summed E-state index contributed by atoms with van der Waals surface area (Å²) >= 11 is 3.33. The van der Waals surface area contributed by atoms with Crippen LogP contribution in [0.4, 0.5) is 10.5 Å². The first-order chi connectivity index (χ1) is 8.31. The fraction of sp³-hybridized carbons (Fsp3) is 0.462. The van der Waals surface area contributed by atoms with Gasteiger partial charge in [0.15, 0.2) is 0 Å². The predicted molar refractivity (Wildman–Crippen MR) is 75.5 cm³/mol. The van der Waals surface area contributed by atoms with Crippen molar-refractivity contribution in [1.29, 1.82) is 0 Å². The van der Waals surface area contributed by atoms with E-state index >= 15 is 0 Å². The number of carbonyl (C=O) groups is 1. The number of nitrogens with one attached hydrogen (secondary N) is 1. The lowest BCUT2D eigenvalue weighted by molar-refractivity contribution is 0.0635. The van der Waals surface area contributed by atoms with Crippen LogP contribution in [0, 0.1) is 0 Å². The van der Waals surface area contributed by atoms with E-state index in [1.165, 1.54) is 0 Å². The fourth-order valence-corrected chi connectivity index (χ4v) is 1.82. The molecule has 4 nitrogen and oxygen atoms in total. The zero-order chi connectivity index (χ0) is 13.8. The van der Waals surface area contributed by atoms with Crippen LogP contribution in [-0.2, 0) is 11.2 Å². The minimum absolute atomic E-state index is 0.0410. The van der Waals surface area contributed by atoms with Crippen LogP contribution >= 0.6 is 15.9 Å². The predicted octanol–water partition coefficient (Wildman–Crippen LogP) is 3.68. The molecule has 0 saturated heterocycles. The van der Waals surface area contributed by atoms with E-state index < -0.39 is 11.7 Å². The lowest BCUT2D eigenvalue weighted by Gasteiger charge is -2.20. The first-order valence-electron chi connectivity index (χ1n) is 5.69. The summed E-state index contributed by atoms with van der Waals surface area (Å²) < 4.78 is 5.11. The fourth-order valence-electron chi connectivity index (χ4n) is 1.36. The van der Waals surface area contributed by atoms with Crippen LogP contribution in [0.5, 0.6) is 5.75 Å². The lowest BCUT2D eigenvalue weighted by atomic mass is 10.1. The van der Waals surface area contributed by atoms with E-state index in [0.717, 1.165) is 17.3 Å². The maximum absolute atomic E-state index is 11.5. The van der Waals surface area contributed by atoms with E-state index in [9.17, 15) is 9.90 Å². The Morgan fingerprint density at radius 3 is 2.61 bits per heavy atom. The second-order valence-electron chi connectivity index (χ2n) is 4.92. The number of hydrogen-bond donors (Lipinski definition) is 2. The van der Waals surface area contributed by atoms with E-state index in [2.05, 4.69) is 21.2 Å². The van der Waals surface area contributed by atoms with Gasteiger partial charge in [0.25, 0.3) is 0 Å². The molecule has 0 saturated carbocycles. The molecule has 18 heavy (non-hydrogen) atoms. The maximum Gasteiger partial charge on any atom is 0.412 e. The molecular formula is C13H18BrNO3. The second kappa shape index (κ2) is 6.09. The third-order valence-corrected chi connectivity index (χ3v) is 2.48. The molecule has 5 heteroatoms. The second-order valence-corrected chi connectivity index (χ2v) is 5.71. The number of halogens is 1. The number of amides is 1. The van der Waals surface area contributed by atoms with Gasteiger partial charge in [-0.2, -0.15) is 0 Å². The van der Waals surface area contributed by atoms with Gasteiger partial charge >= 0.3 is 6.09 Å². The molecule has 0 radical (unpaired) electrons. The van der Waals surface area contributed by atoms with E-state index in [1.54, 1.807) is 32.9 Å². The number of benzene rings is 1. The summed E-state index contributed by atoms with van der Waals surface area (Å²) in [4.78, 5) is 11.5. The maximum atomic E-state index is 11.5. The summed E-state index contributed by atoms with van der Waals surface area (Å²) in [6.45, 7) is 5.35. The van der Waals surface area contributed by atoms with Gasteiger partial charge in [-0.05, 0) is 44.9 Å². The van der Waals surface area contributed by atoms with Crippen molar-refractivity contribution in [2.24, 2.45) is 0 Å². The van der Waals surface area contributed by atoms with Crippen molar-refractivity contribution in [2.75, 3.05) is 10.6 Å². The average molecular weight is 316 g/mol. The molecule has 0 spiro atoms. The number of carbonyl (C=O) groups excluding carboxylic acids is 1. The molecule has 0 bridgehead atoms. The van der Waals surface area contributed by atoms with Crippen LogP contribution < -0.4 is 5.32 Å². The third-order valence-electron chi connectivity index (χ3n) is 2.08. The van der Waals surface area contributed by atoms with Gasteiger partial charge in [-0.15, -0.1) is 0 Å². The molecule has 2 N–H and O–H groups in total. The van der Waals surface area contributed by atoms with Crippen LogP contribution in [0.25, 0.3) is 0 Å². The largest absolute Gasteiger partial charge is 0.506 e. The molecule has 0 aliphatic heterocycles. The first-order valence-corrected chi connectivity index (χ1v) is 6.82. The normalized spacial score (nSPS) is 11.1. The van der Waals surface area contributed by atoms with Gasteiger partial charge in [0.05, 0.1) is 5.69 Å². The van der Waals surface area contributed by atoms with Gasteiger partial charge in [0.2, 0.25) is 0 Å². The minimum atomic E-state index is -0.578. The summed E-state index contributed by atoms with van der Waals surface area (Å²) in [6, 6.07) is 5.15. The Labute approximate surface area is 115 Å². The number of alkyl halides is 1. The van der Waals surface area contributed by atoms with Gasteiger partial charge in [-0.3, -0.25) is 5.32 Å². The zero-order valence-corrected chi connectivity index (χ0v) is 12.4. The van der Waals surface area contributed by atoms with E-state index in [4.69, 9.17) is 4.74 Å². The molecule has 1 amide bonds. The Kier molecular flexibility index (Phi) is 5.02. The number of aryl methyl sites for hydroxylation is 1. The molecule has 0 aliphatic rings. The molecule has 1 aromatic carbocycles. The molecule has 1 aromatic rings. The Hall–Kier alpha value is -1.23. The van der Waals surface area contributed by atoms with E-state index in [0.29, 0.717) is 5.69 Å². The topological polar surface area (TPSA) is 58.6 Å². The van der Waals surface area contributed by atoms with Gasteiger partial charge < -0.3 is 9.84 Å². The molecule has 1 rings (SSSR count). The van der Waals surface area contributed by atoms with E-state index in [1.807, 2.05) is 6.07 Å². The monoisotopic (exact) mass is 315 g/mol. The smallest absolute Gasteiger partial charge is 0.412 e. The van der Waals surface area contributed by atoms with Crippen molar-refractivity contribution in [1.82, 2.24) is 0 Å². The van der Waals surface area contributed by atoms with Crippen molar-refractivity contribution >= 4 is 27.7 Å². The number of phenolic OH excluding ortho intramolecular Hbond substituents is 1. The highest BCUT2D eigenvalue weighted by atomic mass is 79.9. The van der Waals surface area contributed by atoms with Crippen molar-refractivity contribution in [2.45, 2.75) is 32.8 Å². The highest BCUT2D eigenvalue weighted by molar-refractivity contribution is 9.09. The molecule has 0 aromatic heterocycles. The third kappa shape index (κ3) is 4.96. The summed E-state index contributed by atoms with van der Waals surface area (Å²) in [5.74, 6) is 0.0410. The Balaban J connectivity index is 2.71. The van der Waals surface area contributed by atoms with Crippen LogP contribution in [0.2, 0.25) is 0 Å².